The molecule has 106 valence electrons. The molecular weight excluding hydrogens is 274 g/mol. The molecule has 0 amide bonds. The highest BCUT2D eigenvalue weighted by atomic mass is 32.1. The number of thiophene rings is 1. The molecule has 0 saturated heterocycles. The number of hydrogen-bond donors (Lipinski definition) is 1. The van der Waals surface area contributed by atoms with E-state index in [0.29, 0.717) is 5.69 Å². The summed E-state index contributed by atoms with van der Waals surface area (Å²) >= 11 is 1.64. The number of nitrogens with zero attached hydrogens (tertiary/aromatic N) is 1. The van der Waals surface area contributed by atoms with E-state index in [1.807, 2.05) is 0 Å². The van der Waals surface area contributed by atoms with Crippen molar-refractivity contribution in [3.8, 4) is 5.75 Å². The molecule has 20 heavy (non-hydrogen) atoms. The maximum absolute atomic E-state index is 12.0. The second-order valence-corrected chi connectivity index (χ2v) is 6.12. The fourth-order valence-electron chi connectivity index (χ4n) is 2.83. The van der Waals surface area contributed by atoms with Gasteiger partial charge in [0, 0.05) is 4.88 Å². The van der Waals surface area contributed by atoms with Crippen LogP contribution in [0.25, 0.3) is 10.2 Å². The highest BCUT2D eigenvalue weighted by Crippen LogP contribution is 2.42. The Kier molecular flexibility index (Phi) is 3.38. The Morgan fingerprint density at radius 3 is 2.90 bits per heavy atom. The molecule has 0 unspecified atom stereocenters. The van der Waals surface area contributed by atoms with Gasteiger partial charge in [-0.25, -0.2) is 9.78 Å². The molecule has 1 aliphatic rings. The van der Waals surface area contributed by atoms with Crippen LogP contribution >= 0.6 is 11.3 Å². The number of esters is 1. The molecule has 0 radical (unpaired) electrons. The average molecular weight is 291 g/mol. The SMILES string of the molecule is CCOC(=O)c1c(C)nc2sc3c(c2c1O)CCCC3. The van der Waals surface area contributed by atoms with Crippen LogP contribution in [0.15, 0.2) is 0 Å². The minimum Gasteiger partial charge on any atom is -0.506 e. The van der Waals surface area contributed by atoms with Crippen molar-refractivity contribution in [1.29, 1.82) is 0 Å². The number of aryl methyl sites for hydroxylation is 3. The van der Waals surface area contributed by atoms with Crippen molar-refractivity contribution in [3.05, 3.63) is 21.7 Å². The molecule has 0 aromatic carbocycles. The van der Waals surface area contributed by atoms with Gasteiger partial charge in [0.15, 0.2) is 0 Å². The molecule has 0 fully saturated rings. The van der Waals surface area contributed by atoms with E-state index in [0.717, 1.165) is 29.5 Å². The molecule has 5 heteroatoms. The van der Waals surface area contributed by atoms with Gasteiger partial charge in [-0.3, -0.25) is 0 Å². The summed E-state index contributed by atoms with van der Waals surface area (Å²) in [5.41, 5.74) is 1.92. The Hall–Kier alpha value is -1.62. The molecule has 1 N–H and O–H groups in total. The summed E-state index contributed by atoms with van der Waals surface area (Å²) < 4.78 is 5.02. The third-order valence-electron chi connectivity index (χ3n) is 3.74. The highest BCUT2D eigenvalue weighted by molar-refractivity contribution is 7.18. The molecule has 2 aromatic heterocycles. The normalized spacial score (nSPS) is 14.3. The molecule has 2 heterocycles. The Balaban J connectivity index is 2.25. The van der Waals surface area contributed by atoms with E-state index in [-0.39, 0.29) is 17.9 Å². The summed E-state index contributed by atoms with van der Waals surface area (Å²) in [7, 11) is 0. The maximum atomic E-state index is 12.0. The second kappa shape index (κ2) is 5.05. The molecular formula is C15H17NO3S. The number of pyridine rings is 1. The third-order valence-corrected chi connectivity index (χ3v) is 4.92. The van der Waals surface area contributed by atoms with Gasteiger partial charge in [-0.15, -0.1) is 11.3 Å². The fraction of sp³-hybridized carbons (Fsp3) is 0.467. The van der Waals surface area contributed by atoms with E-state index >= 15 is 0 Å². The second-order valence-electron chi connectivity index (χ2n) is 5.03. The summed E-state index contributed by atoms with van der Waals surface area (Å²) in [6, 6.07) is 0. The first-order valence-corrected chi connectivity index (χ1v) is 7.76. The molecule has 0 saturated carbocycles. The first kappa shape index (κ1) is 13.4. The van der Waals surface area contributed by atoms with Crippen molar-refractivity contribution in [1.82, 2.24) is 4.98 Å². The van der Waals surface area contributed by atoms with E-state index < -0.39 is 5.97 Å². The molecule has 0 aliphatic heterocycles. The molecule has 2 aromatic rings. The van der Waals surface area contributed by atoms with E-state index in [2.05, 4.69) is 4.98 Å². The number of carbonyl (C=O) groups excluding carboxylic acids is 1. The number of fused-ring (bicyclic) bond motifs is 3. The predicted octanol–water partition coefficient (Wildman–Crippen LogP) is 3.37. The Morgan fingerprint density at radius 2 is 2.15 bits per heavy atom. The third kappa shape index (κ3) is 1.97. The molecule has 0 bridgehead atoms. The minimum absolute atomic E-state index is 0.0466. The molecule has 1 aliphatic carbocycles. The van der Waals surface area contributed by atoms with Gasteiger partial charge in [-0.2, -0.15) is 0 Å². The van der Waals surface area contributed by atoms with Crippen molar-refractivity contribution in [3.63, 3.8) is 0 Å². The lowest BCUT2D eigenvalue weighted by Crippen LogP contribution is -2.08. The average Bonchev–Trinajstić information content (AvgIpc) is 2.76. The van der Waals surface area contributed by atoms with Crippen molar-refractivity contribution >= 4 is 27.5 Å². The zero-order valence-electron chi connectivity index (χ0n) is 11.7. The van der Waals surface area contributed by atoms with E-state index in [4.69, 9.17) is 4.74 Å². The molecule has 0 atom stereocenters. The van der Waals surface area contributed by atoms with Gasteiger partial charge in [0.25, 0.3) is 0 Å². The first-order chi connectivity index (χ1) is 9.63. The van der Waals surface area contributed by atoms with Crippen molar-refractivity contribution in [2.75, 3.05) is 6.61 Å². The monoisotopic (exact) mass is 291 g/mol. The summed E-state index contributed by atoms with van der Waals surface area (Å²) in [5.74, 6) is -0.446. The Labute approximate surface area is 121 Å². The lowest BCUT2D eigenvalue weighted by Gasteiger charge is -2.12. The summed E-state index contributed by atoms with van der Waals surface area (Å²) in [4.78, 5) is 18.6. The van der Waals surface area contributed by atoms with E-state index in [9.17, 15) is 9.90 Å². The van der Waals surface area contributed by atoms with Gasteiger partial charge < -0.3 is 9.84 Å². The summed E-state index contributed by atoms with van der Waals surface area (Å²) in [6.45, 7) is 3.78. The number of carbonyl (C=O) groups is 1. The van der Waals surface area contributed by atoms with Crippen molar-refractivity contribution in [2.45, 2.75) is 39.5 Å². The van der Waals surface area contributed by atoms with E-state index in [1.54, 1.807) is 25.2 Å². The van der Waals surface area contributed by atoms with Crippen LogP contribution in [0.3, 0.4) is 0 Å². The van der Waals surface area contributed by atoms with Crippen molar-refractivity contribution < 1.29 is 14.6 Å². The lowest BCUT2D eigenvalue weighted by atomic mass is 9.95. The van der Waals surface area contributed by atoms with Crippen LogP contribution in [0.5, 0.6) is 5.75 Å². The van der Waals surface area contributed by atoms with Crippen LogP contribution in [-0.2, 0) is 17.6 Å². The van der Waals surface area contributed by atoms with Crippen LogP contribution in [0.4, 0.5) is 0 Å². The van der Waals surface area contributed by atoms with Crippen LogP contribution in [0, 0.1) is 6.92 Å². The highest BCUT2D eigenvalue weighted by Gasteiger charge is 2.25. The zero-order chi connectivity index (χ0) is 14.3. The molecule has 3 rings (SSSR count). The molecule has 0 spiro atoms. The Morgan fingerprint density at radius 1 is 1.40 bits per heavy atom. The minimum atomic E-state index is -0.493. The first-order valence-electron chi connectivity index (χ1n) is 6.94. The predicted molar refractivity (Wildman–Crippen MR) is 78.6 cm³/mol. The maximum Gasteiger partial charge on any atom is 0.343 e. The van der Waals surface area contributed by atoms with E-state index in [1.165, 1.54) is 16.9 Å². The van der Waals surface area contributed by atoms with Gasteiger partial charge in [0.05, 0.1) is 17.7 Å². The van der Waals surface area contributed by atoms with Crippen LogP contribution in [-0.4, -0.2) is 22.7 Å². The summed E-state index contributed by atoms with van der Waals surface area (Å²) in [5, 5.41) is 11.3. The van der Waals surface area contributed by atoms with Crippen molar-refractivity contribution in [2.24, 2.45) is 0 Å². The number of aromatic hydroxyl groups is 1. The number of ether oxygens (including phenoxy) is 1. The van der Waals surface area contributed by atoms with Gasteiger partial charge >= 0.3 is 5.97 Å². The van der Waals surface area contributed by atoms with Gasteiger partial charge in [-0.05, 0) is 45.1 Å². The van der Waals surface area contributed by atoms with Gasteiger partial charge in [0.1, 0.15) is 16.1 Å². The zero-order valence-corrected chi connectivity index (χ0v) is 12.5. The van der Waals surface area contributed by atoms with Crippen LogP contribution < -0.4 is 0 Å². The van der Waals surface area contributed by atoms with Crippen LogP contribution in [0.2, 0.25) is 0 Å². The fourth-order valence-corrected chi connectivity index (χ4v) is 4.14. The number of rotatable bonds is 2. The number of hydrogen-bond acceptors (Lipinski definition) is 5. The van der Waals surface area contributed by atoms with Gasteiger partial charge in [0.2, 0.25) is 0 Å². The molecule has 4 nitrogen and oxygen atoms in total. The largest absolute Gasteiger partial charge is 0.506 e. The van der Waals surface area contributed by atoms with Crippen LogP contribution in [0.1, 0.15) is 46.3 Å². The topological polar surface area (TPSA) is 59.4 Å². The van der Waals surface area contributed by atoms with Gasteiger partial charge in [-0.1, -0.05) is 0 Å². The summed E-state index contributed by atoms with van der Waals surface area (Å²) in [6.07, 6.45) is 4.31. The quantitative estimate of drug-likeness (QED) is 0.862. The smallest absolute Gasteiger partial charge is 0.343 e. The Bertz CT molecular complexity index is 690. The standard InChI is InChI=1S/C15H17NO3S/c1-3-19-15(18)11-8(2)16-14-12(13(11)17)9-6-4-5-7-10(9)20-14/h3-7H2,1-2H3,(H,16,17). The lowest BCUT2D eigenvalue weighted by molar-refractivity contribution is 0.0522. The number of aromatic nitrogens is 1.